The van der Waals surface area contributed by atoms with E-state index in [0.717, 1.165) is 23.8 Å². The largest absolute Gasteiger partial charge is 0.486 e. The first-order valence-corrected chi connectivity index (χ1v) is 12.4. The third-order valence-corrected chi connectivity index (χ3v) is 6.48. The molecule has 0 aliphatic carbocycles. The maximum atomic E-state index is 12.5. The summed E-state index contributed by atoms with van der Waals surface area (Å²) in [5.41, 5.74) is 2.74. The summed E-state index contributed by atoms with van der Waals surface area (Å²) >= 11 is 0. The second-order valence-corrected chi connectivity index (χ2v) is 9.56. The third kappa shape index (κ3) is 5.91. The van der Waals surface area contributed by atoms with Crippen LogP contribution in [0.5, 0.6) is 11.5 Å². The second kappa shape index (κ2) is 10.0. The van der Waals surface area contributed by atoms with Gasteiger partial charge in [0.05, 0.1) is 18.0 Å². The molecule has 0 spiro atoms. The van der Waals surface area contributed by atoms with Gasteiger partial charge in [-0.25, -0.2) is 8.42 Å². The Balaban J connectivity index is 1.62. The average molecular weight is 447 g/mol. The highest BCUT2D eigenvalue weighted by atomic mass is 32.2. The lowest BCUT2D eigenvalue weighted by Crippen LogP contribution is -2.33. The van der Waals surface area contributed by atoms with Gasteiger partial charge in [-0.05, 0) is 43.0 Å². The number of nitrogens with one attached hydrogen (secondary N) is 1. The first-order valence-electron chi connectivity index (χ1n) is 10.5. The number of nitrogens with zero attached hydrogens (tertiary/aromatic N) is 1. The maximum Gasteiger partial charge on any atom is 0.232 e. The first kappa shape index (κ1) is 22.9. The first-order chi connectivity index (χ1) is 14.8. The molecule has 3 rings (SSSR count). The van der Waals surface area contributed by atoms with Gasteiger partial charge in [-0.1, -0.05) is 31.2 Å². The predicted molar refractivity (Wildman–Crippen MR) is 121 cm³/mol. The van der Waals surface area contributed by atoms with E-state index in [4.69, 9.17) is 9.47 Å². The van der Waals surface area contributed by atoms with E-state index in [1.165, 1.54) is 4.31 Å². The van der Waals surface area contributed by atoms with Crippen LogP contribution in [0.3, 0.4) is 0 Å². The highest BCUT2D eigenvalue weighted by Crippen LogP contribution is 2.34. The van der Waals surface area contributed by atoms with Crippen LogP contribution in [0.4, 0.5) is 5.69 Å². The van der Waals surface area contributed by atoms with E-state index in [9.17, 15) is 13.2 Å². The van der Waals surface area contributed by atoms with Crippen LogP contribution in [0.1, 0.15) is 43.4 Å². The van der Waals surface area contributed by atoms with Crippen LogP contribution in [0, 0.1) is 6.92 Å². The molecule has 1 atom stereocenters. The molecule has 31 heavy (non-hydrogen) atoms. The number of aryl methyl sites for hydroxylation is 1. The molecule has 0 radical (unpaired) electrons. The van der Waals surface area contributed by atoms with Crippen molar-refractivity contribution in [1.29, 1.82) is 0 Å². The summed E-state index contributed by atoms with van der Waals surface area (Å²) in [6, 6.07) is 13.0. The van der Waals surface area contributed by atoms with Gasteiger partial charge in [0.25, 0.3) is 0 Å². The number of carbonyl (C=O) groups is 1. The lowest BCUT2D eigenvalue weighted by Gasteiger charge is -2.25. The number of benzene rings is 2. The summed E-state index contributed by atoms with van der Waals surface area (Å²) in [4.78, 5) is 12.5. The number of anilines is 1. The van der Waals surface area contributed by atoms with Gasteiger partial charge in [-0.2, -0.15) is 0 Å². The Labute approximate surface area is 184 Å². The molecule has 0 bridgehead atoms. The van der Waals surface area contributed by atoms with Crippen molar-refractivity contribution in [1.82, 2.24) is 5.32 Å². The van der Waals surface area contributed by atoms with E-state index in [0.29, 0.717) is 36.8 Å². The molecule has 7 nitrogen and oxygen atoms in total. The van der Waals surface area contributed by atoms with Gasteiger partial charge in [-0.3, -0.25) is 9.10 Å². The van der Waals surface area contributed by atoms with Crippen molar-refractivity contribution in [2.24, 2.45) is 0 Å². The van der Waals surface area contributed by atoms with E-state index in [1.54, 1.807) is 18.2 Å². The van der Waals surface area contributed by atoms with Crippen LogP contribution in [-0.2, 0) is 14.8 Å². The standard InChI is InChI=1S/C23H30N2O5S/c1-4-20(19-9-6-5-8-17(19)2)24-23(26)10-7-13-25(31(3,27)28)18-11-12-21-22(16-18)30-15-14-29-21/h5-6,8-9,11-12,16,20H,4,7,10,13-15H2,1-3H3,(H,24,26)/t20-/m1/s1. The van der Waals surface area contributed by atoms with Crippen LogP contribution in [0.25, 0.3) is 0 Å². The Morgan fingerprint density at radius 2 is 1.84 bits per heavy atom. The van der Waals surface area contributed by atoms with E-state index < -0.39 is 10.0 Å². The second-order valence-electron chi connectivity index (χ2n) is 7.65. The maximum absolute atomic E-state index is 12.5. The Hall–Kier alpha value is -2.74. The highest BCUT2D eigenvalue weighted by Gasteiger charge is 2.21. The van der Waals surface area contributed by atoms with Gasteiger partial charge in [0.2, 0.25) is 15.9 Å². The smallest absolute Gasteiger partial charge is 0.232 e. The van der Waals surface area contributed by atoms with Crippen LogP contribution in [0.15, 0.2) is 42.5 Å². The number of ether oxygens (including phenoxy) is 2. The van der Waals surface area contributed by atoms with Gasteiger partial charge < -0.3 is 14.8 Å². The zero-order chi connectivity index (χ0) is 22.4. The minimum Gasteiger partial charge on any atom is -0.486 e. The molecular weight excluding hydrogens is 416 g/mol. The van der Waals surface area contributed by atoms with Crippen LogP contribution >= 0.6 is 0 Å². The average Bonchev–Trinajstić information content (AvgIpc) is 2.74. The minimum absolute atomic E-state index is 0.0579. The molecule has 2 aromatic carbocycles. The minimum atomic E-state index is -3.51. The molecular formula is C23H30N2O5S. The van der Waals surface area contributed by atoms with Crippen molar-refractivity contribution < 1.29 is 22.7 Å². The molecule has 0 saturated carbocycles. The van der Waals surface area contributed by atoms with Gasteiger partial charge in [0.1, 0.15) is 13.2 Å². The summed E-state index contributed by atoms with van der Waals surface area (Å²) in [6.45, 7) is 5.16. The van der Waals surface area contributed by atoms with Crippen molar-refractivity contribution in [3.8, 4) is 11.5 Å². The highest BCUT2D eigenvalue weighted by molar-refractivity contribution is 7.92. The number of rotatable bonds is 9. The quantitative estimate of drug-likeness (QED) is 0.636. The monoisotopic (exact) mass is 446 g/mol. The topological polar surface area (TPSA) is 84.9 Å². The van der Waals surface area contributed by atoms with E-state index >= 15 is 0 Å². The van der Waals surface area contributed by atoms with Crippen molar-refractivity contribution >= 4 is 21.6 Å². The lowest BCUT2D eigenvalue weighted by molar-refractivity contribution is -0.121. The Morgan fingerprint density at radius 3 is 2.52 bits per heavy atom. The van der Waals surface area contributed by atoms with Crippen molar-refractivity contribution in [3.05, 3.63) is 53.6 Å². The zero-order valence-electron chi connectivity index (χ0n) is 18.3. The molecule has 1 N–H and O–H groups in total. The van der Waals surface area contributed by atoms with Crippen molar-refractivity contribution in [3.63, 3.8) is 0 Å². The van der Waals surface area contributed by atoms with Crippen molar-refractivity contribution in [2.75, 3.05) is 30.3 Å². The number of fused-ring (bicyclic) bond motifs is 1. The molecule has 8 heteroatoms. The summed E-state index contributed by atoms with van der Waals surface area (Å²) in [6.07, 6.45) is 2.58. The fourth-order valence-corrected chi connectivity index (χ4v) is 4.66. The fourth-order valence-electron chi connectivity index (χ4n) is 3.70. The third-order valence-electron chi connectivity index (χ3n) is 5.29. The Morgan fingerprint density at radius 1 is 1.13 bits per heavy atom. The molecule has 0 aromatic heterocycles. The molecule has 1 aliphatic rings. The molecule has 1 aliphatic heterocycles. The van der Waals surface area contributed by atoms with Crippen molar-refractivity contribution in [2.45, 2.75) is 39.2 Å². The van der Waals surface area contributed by atoms with Gasteiger partial charge >= 0.3 is 0 Å². The molecule has 0 fully saturated rings. The number of sulfonamides is 1. The van der Waals surface area contributed by atoms with Crippen LogP contribution < -0.4 is 19.1 Å². The fraction of sp³-hybridized carbons (Fsp3) is 0.435. The summed E-state index contributed by atoms with van der Waals surface area (Å²) in [5.74, 6) is 1.04. The van der Waals surface area contributed by atoms with E-state index in [-0.39, 0.29) is 24.9 Å². The molecule has 0 unspecified atom stereocenters. The number of amides is 1. The summed E-state index contributed by atoms with van der Waals surface area (Å²) in [5, 5.41) is 3.07. The van der Waals surface area contributed by atoms with Crippen LogP contribution in [-0.4, -0.2) is 40.3 Å². The molecule has 1 heterocycles. The number of hydrogen-bond donors (Lipinski definition) is 1. The van der Waals surface area contributed by atoms with Crippen LogP contribution in [0.2, 0.25) is 0 Å². The van der Waals surface area contributed by atoms with E-state index in [1.807, 2.05) is 38.1 Å². The lowest BCUT2D eigenvalue weighted by atomic mass is 9.99. The molecule has 2 aromatic rings. The zero-order valence-corrected chi connectivity index (χ0v) is 19.1. The Kier molecular flexibility index (Phi) is 7.43. The Bertz CT molecular complexity index is 1020. The number of hydrogen-bond acceptors (Lipinski definition) is 5. The molecule has 0 saturated heterocycles. The van der Waals surface area contributed by atoms with Gasteiger partial charge in [0, 0.05) is 19.0 Å². The van der Waals surface area contributed by atoms with E-state index in [2.05, 4.69) is 5.32 Å². The van der Waals surface area contributed by atoms with Gasteiger partial charge in [-0.15, -0.1) is 0 Å². The summed E-state index contributed by atoms with van der Waals surface area (Å²) < 4.78 is 37.1. The van der Waals surface area contributed by atoms with Gasteiger partial charge in [0.15, 0.2) is 11.5 Å². The number of carbonyl (C=O) groups excluding carboxylic acids is 1. The molecule has 168 valence electrons. The normalized spacial score (nSPS) is 14.0. The SMILES string of the molecule is CC[C@@H](NC(=O)CCCN(c1ccc2c(c1)OCCO2)S(C)(=O)=O)c1ccccc1C. The summed E-state index contributed by atoms with van der Waals surface area (Å²) in [7, 11) is -3.51. The molecule has 1 amide bonds. The predicted octanol–water partition coefficient (Wildman–Crippen LogP) is 3.58.